The first-order valence-electron chi connectivity index (χ1n) is 8.43. The average Bonchev–Trinajstić information content (AvgIpc) is 2.88. The van der Waals surface area contributed by atoms with Crippen molar-refractivity contribution in [2.75, 3.05) is 20.3 Å². The summed E-state index contributed by atoms with van der Waals surface area (Å²) < 4.78 is 34.6. The van der Waals surface area contributed by atoms with Crippen LogP contribution in [0.3, 0.4) is 0 Å². The van der Waals surface area contributed by atoms with E-state index in [0.29, 0.717) is 15.4 Å². The second-order valence-electron chi connectivity index (χ2n) is 7.74. The Morgan fingerprint density at radius 1 is 1.37 bits per heavy atom. The van der Waals surface area contributed by atoms with Gasteiger partial charge >= 0.3 is 6.09 Å². The highest BCUT2D eigenvalue weighted by Crippen LogP contribution is 2.38. The van der Waals surface area contributed by atoms with Crippen LogP contribution < -0.4 is 4.72 Å². The number of nitrogens with one attached hydrogen (secondary N) is 1. The van der Waals surface area contributed by atoms with Gasteiger partial charge in [-0.15, -0.1) is 0 Å². The van der Waals surface area contributed by atoms with Gasteiger partial charge in [-0.1, -0.05) is 15.9 Å². The number of ether oxygens (including phenoxy) is 1. The predicted octanol–water partition coefficient (Wildman–Crippen LogP) is 3.57. The number of nitrogens with zero attached hydrogens (tertiary/aromatic N) is 1. The van der Waals surface area contributed by atoms with E-state index in [9.17, 15) is 18.3 Å². The Balaban J connectivity index is 2.38. The van der Waals surface area contributed by atoms with Crippen LogP contribution in [-0.4, -0.2) is 62.0 Å². The summed E-state index contributed by atoms with van der Waals surface area (Å²) in [6.45, 7) is 5.95. The monoisotopic (exact) mass is 527 g/mol. The Bertz CT molecular complexity index is 825. The van der Waals surface area contributed by atoms with E-state index >= 15 is 0 Å². The van der Waals surface area contributed by atoms with Gasteiger partial charge in [-0.05, 0) is 54.9 Å². The van der Waals surface area contributed by atoms with Crippen molar-refractivity contribution in [3.8, 4) is 0 Å². The third kappa shape index (κ3) is 4.40. The van der Waals surface area contributed by atoms with Crippen molar-refractivity contribution in [3.05, 3.63) is 27.1 Å². The quantitative estimate of drug-likeness (QED) is 0.570. The summed E-state index contributed by atoms with van der Waals surface area (Å²) in [5, 5.41) is 10.0. The molecular weight excluding hydrogens is 504 g/mol. The maximum absolute atomic E-state index is 12.9. The van der Waals surface area contributed by atoms with Crippen LogP contribution in [0.2, 0.25) is 0 Å². The molecule has 1 unspecified atom stereocenters. The highest BCUT2D eigenvalue weighted by atomic mass is 79.9. The third-order valence-electron chi connectivity index (χ3n) is 5.09. The second kappa shape index (κ2) is 8.08. The molecule has 1 aliphatic heterocycles. The van der Waals surface area contributed by atoms with Crippen LogP contribution in [0.1, 0.15) is 27.2 Å². The maximum Gasteiger partial charge on any atom is 0.514 e. The Morgan fingerprint density at radius 3 is 2.52 bits per heavy atom. The van der Waals surface area contributed by atoms with Gasteiger partial charge in [-0.25, -0.2) is 17.6 Å². The molecule has 1 aliphatic rings. The fraction of sp³-hybridized carbons (Fsp3) is 0.588. The summed E-state index contributed by atoms with van der Waals surface area (Å²) >= 11 is 6.56. The summed E-state index contributed by atoms with van der Waals surface area (Å²) in [4.78, 5) is 12.4. The van der Waals surface area contributed by atoms with Gasteiger partial charge in [0.1, 0.15) is 18.1 Å². The largest absolute Gasteiger partial charge is 0.514 e. The minimum atomic E-state index is -3.83. The van der Waals surface area contributed by atoms with E-state index in [1.165, 1.54) is 13.2 Å². The molecule has 1 amide bonds. The molecule has 1 saturated heterocycles. The van der Waals surface area contributed by atoms with Gasteiger partial charge in [-0.3, -0.25) is 0 Å². The highest BCUT2D eigenvalue weighted by Gasteiger charge is 2.59. The Morgan fingerprint density at radius 2 is 2.00 bits per heavy atom. The van der Waals surface area contributed by atoms with Crippen molar-refractivity contribution >= 4 is 48.0 Å². The number of quaternary nitrogens is 1. The fourth-order valence-corrected chi connectivity index (χ4v) is 6.60. The van der Waals surface area contributed by atoms with E-state index in [2.05, 4.69) is 36.6 Å². The minimum absolute atomic E-state index is 0.108. The SMILES string of the molecule is COC[C@H]1C[C@@H](NS(=O)(=O)c2cc(Br)ccc2Br)C[N+]1(C(=O)O)C(C)(C)C. The van der Waals surface area contributed by atoms with Crippen LogP contribution in [0.15, 0.2) is 32.0 Å². The molecule has 3 atom stereocenters. The summed E-state index contributed by atoms with van der Waals surface area (Å²) in [6, 6.07) is 4.02. The van der Waals surface area contributed by atoms with Gasteiger partial charge in [0.15, 0.2) is 0 Å². The highest BCUT2D eigenvalue weighted by molar-refractivity contribution is 9.11. The van der Waals surface area contributed by atoms with Crippen molar-refractivity contribution in [2.24, 2.45) is 0 Å². The van der Waals surface area contributed by atoms with E-state index in [1.807, 2.05) is 20.8 Å². The number of rotatable bonds is 5. The molecule has 0 spiro atoms. The zero-order valence-corrected chi connectivity index (χ0v) is 19.7. The molecule has 0 bridgehead atoms. The van der Waals surface area contributed by atoms with Gasteiger partial charge < -0.3 is 9.84 Å². The molecule has 7 nitrogen and oxygen atoms in total. The molecule has 152 valence electrons. The van der Waals surface area contributed by atoms with Crippen LogP contribution in [0, 0.1) is 0 Å². The molecule has 0 aromatic heterocycles. The molecule has 27 heavy (non-hydrogen) atoms. The molecule has 10 heteroatoms. The van der Waals surface area contributed by atoms with Gasteiger partial charge in [0.2, 0.25) is 10.0 Å². The molecule has 2 N–H and O–H groups in total. The lowest BCUT2D eigenvalue weighted by Gasteiger charge is -2.44. The van der Waals surface area contributed by atoms with E-state index < -0.39 is 27.7 Å². The molecule has 1 heterocycles. The third-order valence-corrected chi connectivity index (χ3v) is 8.10. The molecule has 1 fully saturated rings. The van der Waals surface area contributed by atoms with Crippen LogP contribution in [-0.2, 0) is 14.8 Å². The van der Waals surface area contributed by atoms with Crippen LogP contribution >= 0.6 is 31.9 Å². The van der Waals surface area contributed by atoms with Crippen molar-refractivity contribution in [2.45, 2.75) is 49.7 Å². The van der Waals surface area contributed by atoms with Crippen molar-refractivity contribution in [3.63, 3.8) is 0 Å². The molecular formula is C17H25Br2N2O5S+. The number of methoxy groups -OCH3 is 1. The smallest absolute Gasteiger partial charge is 0.435 e. The van der Waals surface area contributed by atoms with Gasteiger partial charge in [0, 0.05) is 22.5 Å². The minimum Gasteiger partial charge on any atom is -0.435 e. The molecule has 2 rings (SSSR count). The topological polar surface area (TPSA) is 92.7 Å². The zero-order chi connectivity index (χ0) is 20.6. The number of likely N-dealkylation sites (tertiary alicyclic amines) is 1. The van der Waals surface area contributed by atoms with Crippen LogP contribution in [0.25, 0.3) is 0 Å². The molecule has 0 saturated carbocycles. The van der Waals surface area contributed by atoms with Crippen molar-refractivity contribution in [1.82, 2.24) is 4.72 Å². The van der Waals surface area contributed by atoms with Crippen molar-refractivity contribution < 1.29 is 27.5 Å². The molecule has 0 aliphatic carbocycles. The van der Waals surface area contributed by atoms with Gasteiger partial charge in [-0.2, -0.15) is 4.79 Å². The lowest BCUT2D eigenvalue weighted by Crippen LogP contribution is -2.67. The summed E-state index contributed by atoms with van der Waals surface area (Å²) in [5.74, 6) is 0. The second-order valence-corrected chi connectivity index (χ2v) is 11.2. The number of benzene rings is 1. The van der Waals surface area contributed by atoms with Crippen molar-refractivity contribution in [1.29, 1.82) is 0 Å². The van der Waals surface area contributed by atoms with E-state index in [-0.39, 0.29) is 28.6 Å². The van der Waals surface area contributed by atoms with Gasteiger partial charge in [0.25, 0.3) is 0 Å². The number of amides is 1. The summed E-state index contributed by atoms with van der Waals surface area (Å²) in [5.41, 5.74) is -0.619. The molecule has 0 radical (unpaired) electrons. The Hall–Kier alpha value is -0.520. The first-order chi connectivity index (χ1) is 12.3. The lowest BCUT2D eigenvalue weighted by molar-refractivity contribution is -0.915. The number of carboxylic acid groups (broad SMARTS) is 1. The normalized spacial score (nSPS) is 26.3. The predicted molar refractivity (Wildman–Crippen MR) is 109 cm³/mol. The standard InChI is InChI=1S/C17H24Br2N2O5S/c1-17(2,3)21(16(22)23)9-12(8-13(21)10-26-4)20-27(24,25)15-7-11(18)5-6-14(15)19/h5-7,12-13,20H,8-10H2,1-4H3/p+1/t12-,13-,21?/m1/s1. The first kappa shape index (κ1) is 22.8. The molecule has 1 aromatic rings. The number of carbonyl (C=O) groups is 1. The maximum atomic E-state index is 12.9. The lowest BCUT2D eigenvalue weighted by atomic mass is 10.00. The van der Waals surface area contributed by atoms with Crippen LogP contribution in [0.5, 0.6) is 0 Å². The summed E-state index contributed by atoms with van der Waals surface area (Å²) in [6.07, 6.45) is -0.600. The average molecular weight is 529 g/mol. The number of hydrogen-bond donors (Lipinski definition) is 2. The number of sulfonamides is 1. The van der Waals surface area contributed by atoms with Gasteiger partial charge in [0.05, 0.1) is 17.5 Å². The van der Waals surface area contributed by atoms with E-state index in [1.54, 1.807) is 12.1 Å². The first-order valence-corrected chi connectivity index (χ1v) is 11.5. The van der Waals surface area contributed by atoms with E-state index in [0.717, 1.165) is 0 Å². The van der Waals surface area contributed by atoms with E-state index in [4.69, 9.17) is 4.74 Å². The fourth-order valence-electron chi connectivity index (χ4n) is 3.86. The van der Waals surface area contributed by atoms with Crippen LogP contribution in [0.4, 0.5) is 4.79 Å². The Kier molecular flexibility index (Phi) is 6.81. The zero-order valence-electron chi connectivity index (χ0n) is 15.7. The Labute approximate surface area is 177 Å². The number of hydrogen-bond acceptors (Lipinski definition) is 4. The summed E-state index contributed by atoms with van der Waals surface area (Å²) in [7, 11) is -2.30. The molecule has 1 aromatic carbocycles. The number of halogens is 2.